The monoisotopic (exact) mass is 331 g/mol. The molecule has 1 heterocycles. The van der Waals surface area contributed by atoms with E-state index in [0.29, 0.717) is 18.0 Å². The van der Waals surface area contributed by atoms with Crippen molar-refractivity contribution in [1.29, 1.82) is 0 Å². The smallest absolute Gasteiger partial charge is 0.182 e. The van der Waals surface area contributed by atoms with E-state index in [4.69, 9.17) is 0 Å². The zero-order valence-corrected chi connectivity index (χ0v) is 11.3. The Hall–Kier alpha value is -0.220. The van der Waals surface area contributed by atoms with Crippen LogP contribution >= 0.6 is 31.9 Å². The molecule has 0 N–H and O–H groups in total. The summed E-state index contributed by atoms with van der Waals surface area (Å²) in [7, 11) is 0. The largest absolute Gasteiger partial charge is 0.292 e. The molecule has 1 aliphatic rings. The number of carbonyl (C=O) groups excluding carboxylic acids is 1. The molecule has 2 nitrogen and oxygen atoms in total. The highest BCUT2D eigenvalue weighted by atomic mass is 79.9. The first-order valence-electron chi connectivity index (χ1n) is 5.01. The minimum atomic E-state index is 0.152. The number of pyridine rings is 1. The fourth-order valence-electron chi connectivity index (χ4n) is 1.68. The molecular formula is C11H11Br2NO. The normalized spacial score (nSPS) is 16.1. The fraction of sp³-hybridized carbons (Fsp3) is 0.455. The van der Waals surface area contributed by atoms with Crippen LogP contribution in [-0.2, 0) is 0 Å². The lowest BCUT2D eigenvalue weighted by molar-refractivity contribution is 0.0930. The molecule has 4 heteroatoms. The van der Waals surface area contributed by atoms with Crippen molar-refractivity contribution in [3.05, 3.63) is 26.9 Å². The van der Waals surface area contributed by atoms with Gasteiger partial charge in [-0.25, -0.2) is 0 Å². The van der Waals surface area contributed by atoms with Crippen molar-refractivity contribution in [3.63, 3.8) is 0 Å². The third kappa shape index (κ3) is 2.67. The Morgan fingerprint density at radius 1 is 1.47 bits per heavy atom. The summed E-state index contributed by atoms with van der Waals surface area (Å²) < 4.78 is 1.66. The number of hydrogen-bond donors (Lipinski definition) is 0. The van der Waals surface area contributed by atoms with Crippen LogP contribution in [0.4, 0.5) is 0 Å². The maximum absolute atomic E-state index is 11.9. The molecule has 1 aliphatic carbocycles. The van der Waals surface area contributed by atoms with Crippen LogP contribution in [0.1, 0.15) is 36.2 Å². The van der Waals surface area contributed by atoms with Crippen molar-refractivity contribution < 1.29 is 4.79 Å². The average Bonchev–Trinajstić information content (AvgIpc) is 2.11. The van der Waals surface area contributed by atoms with Gasteiger partial charge in [0.05, 0.1) is 0 Å². The fourth-order valence-corrected chi connectivity index (χ4v) is 2.88. The summed E-state index contributed by atoms with van der Waals surface area (Å²) in [5, 5.41) is 0. The van der Waals surface area contributed by atoms with Gasteiger partial charge in [0.2, 0.25) is 0 Å². The van der Waals surface area contributed by atoms with Gasteiger partial charge in [-0.15, -0.1) is 0 Å². The van der Waals surface area contributed by atoms with E-state index in [2.05, 4.69) is 36.8 Å². The quantitative estimate of drug-likeness (QED) is 0.784. The zero-order valence-electron chi connectivity index (χ0n) is 8.17. The van der Waals surface area contributed by atoms with Crippen LogP contribution < -0.4 is 0 Å². The summed E-state index contributed by atoms with van der Waals surface area (Å²) in [4.78, 5) is 16.0. The summed E-state index contributed by atoms with van der Waals surface area (Å²) in [6.45, 7) is 0. The lowest BCUT2D eigenvalue weighted by atomic mass is 9.81. The highest BCUT2D eigenvalue weighted by Crippen LogP contribution is 2.31. The van der Waals surface area contributed by atoms with Gasteiger partial charge in [0, 0.05) is 21.6 Å². The van der Waals surface area contributed by atoms with Crippen LogP contribution in [0.5, 0.6) is 0 Å². The number of carbonyl (C=O) groups is 1. The number of nitrogens with zero attached hydrogens (tertiary/aromatic N) is 1. The second-order valence-electron chi connectivity index (χ2n) is 3.91. The second-order valence-corrected chi connectivity index (χ2v) is 5.68. The molecule has 0 spiro atoms. The van der Waals surface area contributed by atoms with Crippen molar-refractivity contribution in [2.24, 2.45) is 5.92 Å². The molecule has 0 atom stereocenters. The highest BCUT2D eigenvalue weighted by Gasteiger charge is 2.23. The topological polar surface area (TPSA) is 30.0 Å². The van der Waals surface area contributed by atoms with Gasteiger partial charge in [0.15, 0.2) is 5.78 Å². The molecule has 1 fully saturated rings. The molecule has 0 saturated heterocycles. The van der Waals surface area contributed by atoms with E-state index < -0.39 is 0 Å². The Bertz CT molecular complexity index is 388. The molecule has 1 aromatic rings. The zero-order chi connectivity index (χ0) is 10.8. The van der Waals surface area contributed by atoms with Crippen molar-refractivity contribution in [2.45, 2.75) is 25.7 Å². The molecule has 0 aromatic carbocycles. The number of aromatic nitrogens is 1. The molecule has 2 rings (SSSR count). The van der Waals surface area contributed by atoms with Gasteiger partial charge >= 0.3 is 0 Å². The predicted molar refractivity (Wildman–Crippen MR) is 65.9 cm³/mol. The van der Waals surface area contributed by atoms with E-state index in [1.165, 1.54) is 19.3 Å². The molecule has 0 aliphatic heterocycles. The molecule has 0 unspecified atom stereocenters. The Morgan fingerprint density at radius 3 is 2.73 bits per heavy atom. The van der Waals surface area contributed by atoms with E-state index in [-0.39, 0.29) is 5.78 Å². The van der Waals surface area contributed by atoms with Gasteiger partial charge in [-0.05, 0) is 43.8 Å². The van der Waals surface area contributed by atoms with Crippen molar-refractivity contribution in [3.8, 4) is 0 Å². The second kappa shape index (κ2) is 4.74. The standard InChI is InChI=1S/C11H11Br2NO/c12-8-5-9(13)11(14-6-8)10(15)4-7-2-1-3-7/h5-7H,1-4H2. The van der Waals surface area contributed by atoms with E-state index in [9.17, 15) is 4.79 Å². The first-order valence-corrected chi connectivity index (χ1v) is 6.59. The van der Waals surface area contributed by atoms with Crippen LogP contribution in [-0.4, -0.2) is 10.8 Å². The van der Waals surface area contributed by atoms with Gasteiger partial charge < -0.3 is 0 Å². The van der Waals surface area contributed by atoms with Crippen LogP contribution in [0.15, 0.2) is 21.2 Å². The SMILES string of the molecule is O=C(CC1CCC1)c1ncc(Br)cc1Br. The maximum atomic E-state index is 11.9. The third-order valence-electron chi connectivity index (χ3n) is 2.77. The van der Waals surface area contributed by atoms with Crippen LogP contribution in [0, 0.1) is 5.92 Å². The number of rotatable bonds is 3. The molecular weight excluding hydrogens is 322 g/mol. The number of Topliss-reactive ketones (excluding diaryl/α,β-unsaturated/α-hetero) is 1. The predicted octanol–water partition coefficient (Wildman–Crippen LogP) is 3.98. The van der Waals surface area contributed by atoms with Crippen LogP contribution in [0.25, 0.3) is 0 Å². The molecule has 0 amide bonds. The van der Waals surface area contributed by atoms with Crippen molar-refractivity contribution in [1.82, 2.24) is 4.98 Å². The summed E-state index contributed by atoms with van der Waals surface area (Å²) >= 11 is 6.68. The first-order chi connectivity index (χ1) is 7.16. The van der Waals surface area contributed by atoms with Gasteiger partial charge in [0.1, 0.15) is 5.69 Å². The van der Waals surface area contributed by atoms with E-state index in [1.807, 2.05) is 6.07 Å². The van der Waals surface area contributed by atoms with E-state index >= 15 is 0 Å². The molecule has 15 heavy (non-hydrogen) atoms. The number of hydrogen-bond acceptors (Lipinski definition) is 2. The number of ketones is 1. The van der Waals surface area contributed by atoms with Crippen LogP contribution in [0.3, 0.4) is 0 Å². The Morgan fingerprint density at radius 2 is 2.20 bits per heavy atom. The molecule has 1 aromatic heterocycles. The first kappa shape index (κ1) is 11.3. The lowest BCUT2D eigenvalue weighted by Gasteiger charge is -2.24. The minimum absolute atomic E-state index is 0.152. The lowest BCUT2D eigenvalue weighted by Crippen LogP contribution is -2.16. The van der Waals surface area contributed by atoms with Gasteiger partial charge in [-0.3, -0.25) is 9.78 Å². The van der Waals surface area contributed by atoms with Gasteiger partial charge in [-0.1, -0.05) is 19.3 Å². The van der Waals surface area contributed by atoms with Crippen molar-refractivity contribution >= 4 is 37.6 Å². The minimum Gasteiger partial charge on any atom is -0.292 e. The van der Waals surface area contributed by atoms with E-state index in [0.717, 1.165) is 8.95 Å². The average molecular weight is 333 g/mol. The maximum Gasteiger partial charge on any atom is 0.182 e. The number of halogens is 2. The molecule has 0 bridgehead atoms. The highest BCUT2D eigenvalue weighted by molar-refractivity contribution is 9.11. The van der Waals surface area contributed by atoms with Crippen LogP contribution in [0.2, 0.25) is 0 Å². The molecule has 0 radical (unpaired) electrons. The Balaban J connectivity index is 2.10. The third-order valence-corrected chi connectivity index (χ3v) is 3.81. The summed E-state index contributed by atoms with van der Waals surface area (Å²) in [6.07, 6.45) is 5.97. The summed E-state index contributed by atoms with van der Waals surface area (Å²) in [6, 6.07) is 1.86. The molecule has 1 saturated carbocycles. The van der Waals surface area contributed by atoms with Gasteiger partial charge in [0.25, 0.3) is 0 Å². The Kier molecular flexibility index (Phi) is 3.57. The van der Waals surface area contributed by atoms with Gasteiger partial charge in [-0.2, -0.15) is 0 Å². The summed E-state index contributed by atoms with van der Waals surface area (Å²) in [5.74, 6) is 0.744. The van der Waals surface area contributed by atoms with E-state index in [1.54, 1.807) is 6.20 Å². The van der Waals surface area contributed by atoms with Crippen molar-refractivity contribution in [2.75, 3.05) is 0 Å². The molecule has 80 valence electrons. The Labute approximate surface area is 106 Å². The summed E-state index contributed by atoms with van der Waals surface area (Å²) in [5.41, 5.74) is 0.560.